The molecule has 0 bridgehead atoms. The number of carbonyl (C=O) groups excluding carboxylic acids is 2. The van der Waals surface area contributed by atoms with Gasteiger partial charge in [0.05, 0.1) is 11.0 Å². The number of rotatable bonds is 0. The Morgan fingerprint density at radius 1 is 1.32 bits per heavy atom. The zero-order valence-electron chi connectivity index (χ0n) is 11.6. The number of nitrogens with one attached hydrogen (secondary N) is 2. The summed E-state index contributed by atoms with van der Waals surface area (Å²) in [5, 5.41) is 5.33. The number of urea groups is 1. The number of imide groups is 1. The second-order valence-electron chi connectivity index (χ2n) is 5.54. The minimum Gasteiger partial charge on any atom is -0.319 e. The molecule has 1 unspecified atom stereocenters. The van der Waals surface area contributed by atoms with Gasteiger partial charge in [-0.3, -0.25) is 14.9 Å². The van der Waals surface area contributed by atoms with Crippen molar-refractivity contribution in [3.8, 4) is 0 Å². The van der Waals surface area contributed by atoms with Crippen LogP contribution in [0.3, 0.4) is 0 Å². The van der Waals surface area contributed by atoms with E-state index < -0.39 is 17.5 Å². The van der Waals surface area contributed by atoms with Gasteiger partial charge in [-0.05, 0) is 19.1 Å². The van der Waals surface area contributed by atoms with Crippen LogP contribution in [0, 0.1) is 6.92 Å². The first-order chi connectivity index (χ1) is 10.4. The molecule has 1 aromatic carbocycles. The number of halogens is 1. The maximum absolute atomic E-state index is 12.3. The maximum Gasteiger partial charge on any atom is 0.322 e. The van der Waals surface area contributed by atoms with E-state index >= 15 is 0 Å². The van der Waals surface area contributed by atoms with Gasteiger partial charge in [-0.2, -0.15) is 0 Å². The van der Waals surface area contributed by atoms with E-state index in [0.29, 0.717) is 33.9 Å². The lowest BCUT2D eigenvalue weighted by Gasteiger charge is -2.33. The summed E-state index contributed by atoms with van der Waals surface area (Å²) < 4.78 is 1.59. The Balaban J connectivity index is 2.16. The summed E-state index contributed by atoms with van der Waals surface area (Å²) in [7, 11) is 0. The molecule has 2 aliphatic heterocycles. The number of fused-ring (bicyclic) bond motifs is 1. The van der Waals surface area contributed by atoms with Gasteiger partial charge < -0.3 is 9.88 Å². The Morgan fingerprint density at radius 3 is 2.77 bits per heavy atom. The molecule has 3 amide bonds. The summed E-state index contributed by atoms with van der Waals surface area (Å²) >= 11 is 6.15. The van der Waals surface area contributed by atoms with Gasteiger partial charge in [0.15, 0.2) is 0 Å². The molecule has 3 heterocycles. The summed E-state index contributed by atoms with van der Waals surface area (Å²) in [6.45, 7) is 1.96. The normalized spacial score (nSPS) is 23.0. The summed E-state index contributed by atoms with van der Waals surface area (Å²) in [5.41, 5.74) is 0.571. The zero-order valence-corrected chi connectivity index (χ0v) is 12.3. The number of benzene rings is 1. The number of hydrogen-bond donors (Lipinski definition) is 2. The van der Waals surface area contributed by atoms with Crippen LogP contribution in [-0.2, 0) is 16.9 Å². The monoisotopic (exact) mass is 318 g/mol. The van der Waals surface area contributed by atoms with Crippen LogP contribution in [0.1, 0.15) is 17.7 Å². The fourth-order valence-electron chi connectivity index (χ4n) is 3.29. The van der Waals surface area contributed by atoms with Crippen molar-refractivity contribution in [3.63, 3.8) is 0 Å². The number of aromatic nitrogens is 2. The fourth-order valence-corrected chi connectivity index (χ4v) is 3.50. The van der Waals surface area contributed by atoms with Gasteiger partial charge in [0.1, 0.15) is 11.2 Å². The van der Waals surface area contributed by atoms with Crippen molar-refractivity contribution in [2.75, 3.05) is 0 Å². The average molecular weight is 319 g/mol. The lowest BCUT2D eigenvalue weighted by Crippen LogP contribution is -2.48. The molecule has 2 aliphatic rings. The summed E-state index contributed by atoms with van der Waals surface area (Å²) in [6, 6.07) is 2.71. The molecular weight excluding hydrogens is 308 g/mol. The smallest absolute Gasteiger partial charge is 0.319 e. The van der Waals surface area contributed by atoms with Crippen LogP contribution in [0.4, 0.5) is 4.79 Å². The molecule has 0 radical (unpaired) electrons. The minimum absolute atomic E-state index is 0.198. The van der Waals surface area contributed by atoms with Gasteiger partial charge >= 0.3 is 6.03 Å². The van der Waals surface area contributed by atoms with Crippen molar-refractivity contribution in [2.45, 2.75) is 25.4 Å². The maximum atomic E-state index is 12.3. The molecule has 1 spiro atoms. The Bertz CT molecular complexity index is 936. The number of amides is 3. The molecule has 7 nitrogen and oxygen atoms in total. The third kappa shape index (κ3) is 1.51. The molecule has 1 fully saturated rings. The number of hydrogen-bond acceptors (Lipinski definition) is 4. The zero-order chi connectivity index (χ0) is 15.6. The standard InChI is InChI=1S/C14H11ClN4O3/c1-6-11(20)19-3-2-14(12(21)17-13(22)18-14)8-4-7(15)5-9(16-6)10(8)19/h4-5H,2-3H2,1H3,(H2,17,18,21,22). The lowest BCUT2D eigenvalue weighted by atomic mass is 9.83. The van der Waals surface area contributed by atoms with Crippen LogP contribution in [0.15, 0.2) is 16.9 Å². The molecule has 1 aromatic heterocycles. The molecule has 1 saturated heterocycles. The number of aryl methyl sites for hydroxylation is 2. The molecule has 0 aliphatic carbocycles. The van der Waals surface area contributed by atoms with Crippen LogP contribution >= 0.6 is 11.6 Å². The van der Waals surface area contributed by atoms with Gasteiger partial charge in [-0.1, -0.05) is 11.6 Å². The number of carbonyl (C=O) groups is 2. The van der Waals surface area contributed by atoms with Gasteiger partial charge in [-0.25, -0.2) is 9.78 Å². The second kappa shape index (κ2) is 4.07. The van der Waals surface area contributed by atoms with Crippen molar-refractivity contribution in [1.82, 2.24) is 20.2 Å². The van der Waals surface area contributed by atoms with E-state index in [4.69, 9.17) is 11.6 Å². The molecule has 8 heteroatoms. The molecule has 2 N–H and O–H groups in total. The predicted octanol–water partition coefficient (Wildman–Crippen LogP) is 0.797. The molecule has 22 heavy (non-hydrogen) atoms. The first-order valence-electron chi connectivity index (χ1n) is 6.77. The molecule has 1 atom stereocenters. The largest absolute Gasteiger partial charge is 0.322 e. The summed E-state index contributed by atoms with van der Waals surface area (Å²) in [5.74, 6) is -0.430. The van der Waals surface area contributed by atoms with Crippen molar-refractivity contribution in [3.05, 3.63) is 38.8 Å². The molecular formula is C14H11ClN4O3. The van der Waals surface area contributed by atoms with Crippen molar-refractivity contribution < 1.29 is 9.59 Å². The Morgan fingerprint density at radius 2 is 2.09 bits per heavy atom. The quantitative estimate of drug-likeness (QED) is 0.703. The first kappa shape index (κ1) is 13.3. The van der Waals surface area contributed by atoms with Crippen LogP contribution < -0.4 is 16.2 Å². The Labute approximate surface area is 129 Å². The predicted molar refractivity (Wildman–Crippen MR) is 78.7 cm³/mol. The third-order valence-corrected chi connectivity index (χ3v) is 4.50. The fraction of sp³-hybridized carbons (Fsp3) is 0.286. The van der Waals surface area contributed by atoms with Crippen LogP contribution in [0.5, 0.6) is 0 Å². The van der Waals surface area contributed by atoms with E-state index in [1.807, 2.05) is 0 Å². The van der Waals surface area contributed by atoms with E-state index in [9.17, 15) is 14.4 Å². The first-order valence-corrected chi connectivity index (χ1v) is 7.15. The number of nitrogens with zero attached hydrogens (tertiary/aromatic N) is 2. The topological polar surface area (TPSA) is 93.1 Å². The van der Waals surface area contributed by atoms with Crippen LogP contribution in [0.25, 0.3) is 11.0 Å². The van der Waals surface area contributed by atoms with Crippen molar-refractivity contribution >= 4 is 34.6 Å². The Hall–Kier alpha value is -2.41. The van der Waals surface area contributed by atoms with Gasteiger partial charge in [0.25, 0.3) is 11.5 Å². The van der Waals surface area contributed by atoms with Gasteiger partial charge in [0, 0.05) is 23.6 Å². The van der Waals surface area contributed by atoms with Gasteiger partial charge in [0.2, 0.25) is 0 Å². The lowest BCUT2D eigenvalue weighted by molar-refractivity contribution is -0.124. The third-order valence-electron chi connectivity index (χ3n) is 4.28. The highest BCUT2D eigenvalue weighted by Crippen LogP contribution is 2.38. The SMILES string of the molecule is Cc1nc2cc(Cl)cc3c2n(c1=O)CCC31NC(=O)NC1=O. The highest BCUT2D eigenvalue weighted by Gasteiger charge is 2.50. The van der Waals surface area contributed by atoms with E-state index in [-0.39, 0.29) is 12.0 Å². The van der Waals surface area contributed by atoms with Crippen LogP contribution in [-0.4, -0.2) is 21.5 Å². The highest BCUT2D eigenvalue weighted by molar-refractivity contribution is 6.31. The average Bonchev–Trinajstić information content (AvgIpc) is 2.73. The van der Waals surface area contributed by atoms with E-state index in [1.54, 1.807) is 23.6 Å². The van der Waals surface area contributed by atoms with Crippen LogP contribution in [0.2, 0.25) is 5.02 Å². The van der Waals surface area contributed by atoms with Crippen molar-refractivity contribution in [1.29, 1.82) is 0 Å². The molecule has 0 saturated carbocycles. The van der Waals surface area contributed by atoms with E-state index in [2.05, 4.69) is 15.6 Å². The minimum atomic E-state index is -1.19. The molecule has 112 valence electrons. The molecule has 4 rings (SSSR count). The van der Waals surface area contributed by atoms with Gasteiger partial charge in [-0.15, -0.1) is 0 Å². The highest BCUT2D eigenvalue weighted by atomic mass is 35.5. The second-order valence-corrected chi connectivity index (χ2v) is 5.98. The summed E-state index contributed by atoms with van der Waals surface area (Å²) in [4.78, 5) is 40.5. The molecule has 2 aromatic rings. The Kier molecular flexibility index (Phi) is 2.45. The van der Waals surface area contributed by atoms with E-state index in [0.717, 1.165) is 0 Å². The van der Waals surface area contributed by atoms with Crippen molar-refractivity contribution in [2.24, 2.45) is 0 Å². The van der Waals surface area contributed by atoms with E-state index in [1.165, 1.54) is 0 Å². The summed E-state index contributed by atoms with van der Waals surface area (Å²) in [6.07, 6.45) is 0.288.